The van der Waals surface area contributed by atoms with Crippen molar-refractivity contribution in [3.05, 3.63) is 51.6 Å². The van der Waals surface area contributed by atoms with Crippen LogP contribution in [0.2, 0.25) is 5.02 Å². The van der Waals surface area contributed by atoms with Crippen molar-refractivity contribution >= 4 is 39.3 Å². The molecule has 94 valence electrons. The molecule has 0 aliphatic rings. The van der Waals surface area contributed by atoms with Gasteiger partial charge in [0.05, 0.1) is 5.02 Å². The molecule has 5 heteroatoms. The Morgan fingerprint density at radius 2 is 2.11 bits per heavy atom. The number of benzene rings is 1. The largest absolute Gasteiger partial charge is 0.324 e. The van der Waals surface area contributed by atoms with Crippen molar-refractivity contribution in [1.29, 1.82) is 0 Å². The van der Waals surface area contributed by atoms with Gasteiger partial charge in [-0.1, -0.05) is 45.4 Å². The maximum atomic E-state index is 5.87. The fourth-order valence-corrected chi connectivity index (χ4v) is 3.28. The molecule has 0 radical (unpaired) electrons. The first-order chi connectivity index (χ1) is 8.56. The predicted octanol–water partition coefficient (Wildman–Crippen LogP) is 4.67. The van der Waals surface area contributed by atoms with Crippen LogP contribution in [0.5, 0.6) is 0 Å². The maximum absolute atomic E-state index is 5.87. The number of nitrogens with two attached hydrogens (primary N) is 1. The van der Waals surface area contributed by atoms with Crippen molar-refractivity contribution in [2.24, 2.45) is 5.73 Å². The molecule has 1 atom stereocenters. The van der Waals surface area contributed by atoms with E-state index < -0.39 is 0 Å². The number of aromatic nitrogens is 1. The maximum Gasteiger partial charge on any atom is 0.101 e. The van der Waals surface area contributed by atoms with Gasteiger partial charge in [0.25, 0.3) is 0 Å². The molecule has 0 fully saturated rings. The summed E-state index contributed by atoms with van der Waals surface area (Å²) >= 11 is 10.9. The number of nitrogens with zero attached hydrogens (tertiary/aromatic N) is 1. The van der Waals surface area contributed by atoms with E-state index in [0.29, 0.717) is 5.02 Å². The zero-order valence-corrected chi connectivity index (χ0v) is 12.9. The summed E-state index contributed by atoms with van der Waals surface area (Å²) < 4.78 is 1.02. The monoisotopic (exact) mass is 342 g/mol. The quantitative estimate of drug-likeness (QED) is 0.880. The minimum absolute atomic E-state index is 0.0204. The highest BCUT2D eigenvalue weighted by atomic mass is 79.9. The van der Waals surface area contributed by atoms with Gasteiger partial charge in [0.2, 0.25) is 0 Å². The van der Waals surface area contributed by atoms with Gasteiger partial charge in [-0.15, -0.1) is 0 Å². The first-order valence-electron chi connectivity index (χ1n) is 5.40. The van der Waals surface area contributed by atoms with Crippen LogP contribution < -0.4 is 5.73 Å². The average Bonchev–Trinajstić information content (AvgIpc) is 2.32. The number of hydrogen-bond donors (Lipinski definition) is 1. The van der Waals surface area contributed by atoms with Crippen molar-refractivity contribution in [3.8, 4) is 0 Å². The third-order valence-corrected chi connectivity index (χ3v) is 4.24. The second-order valence-corrected chi connectivity index (χ2v) is 6.27. The smallest absolute Gasteiger partial charge is 0.101 e. The van der Waals surface area contributed by atoms with Gasteiger partial charge >= 0.3 is 0 Å². The summed E-state index contributed by atoms with van der Waals surface area (Å²) in [5.74, 6) is 0. The van der Waals surface area contributed by atoms with Crippen molar-refractivity contribution in [1.82, 2.24) is 4.98 Å². The lowest BCUT2D eigenvalue weighted by atomic mass is 10.1. The molecule has 2 N–H and O–H groups in total. The van der Waals surface area contributed by atoms with Crippen LogP contribution in [0.4, 0.5) is 0 Å². The Bertz CT molecular complexity index is 543. The summed E-state index contributed by atoms with van der Waals surface area (Å²) in [5, 5.41) is 1.56. The van der Waals surface area contributed by atoms with Crippen LogP contribution in [0.1, 0.15) is 18.5 Å². The molecular weight excluding hydrogens is 332 g/mol. The molecule has 2 rings (SSSR count). The van der Waals surface area contributed by atoms with Gasteiger partial charge in [0, 0.05) is 21.6 Å². The highest BCUT2D eigenvalue weighted by Gasteiger charge is 2.07. The molecule has 0 aliphatic carbocycles. The van der Waals surface area contributed by atoms with Gasteiger partial charge in [0.1, 0.15) is 5.03 Å². The summed E-state index contributed by atoms with van der Waals surface area (Å²) in [5.41, 5.74) is 6.97. The molecule has 0 saturated carbocycles. The van der Waals surface area contributed by atoms with Gasteiger partial charge in [0.15, 0.2) is 0 Å². The van der Waals surface area contributed by atoms with Crippen molar-refractivity contribution in [2.75, 3.05) is 0 Å². The Morgan fingerprint density at radius 1 is 1.33 bits per heavy atom. The molecule has 0 bridgehead atoms. The number of rotatable bonds is 3. The Labute approximate surface area is 124 Å². The molecule has 2 aromatic rings. The minimum atomic E-state index is 0.0204. The van der Waals surface area contributed by atoms with E-state index in [1.807, 2.05) is 31.2 Å². The second-order valence-electron chi connectivity index (χ2n) is 3.89. The van der Waals surface area contributed by atoms with E-state index in [4.69, 9.17) is 17.3 Å². The number of hydrogen-bond acceptors (Lipinski definition) is 3. The normalized spacial score (nSPS) is 12.4. The van der Waals surface area contributed by atoms with Crippen LogP contribution in [0.3, 0.4) is 0 Å². The molecule has 18 heavy (non-hydrogen) atoms. The van der Waals surface area contributed by atoms with Gasteiger partial charge in [-0.3, -0.25) is 0 Å². The van der Waals surface area contributed by atoms with E-state index in [0.717, 1.165) is 20.0 Å². The van der Waals surface area contributed by atoms with Crippen molar-refractivity contribution in [3.63, 3.8) is 0 Å². The standard InChI is InChI=1S/C13H12BrClN2S/c1-8(16)11-4-3-10(6-12(11)14)18-13-5-2-9(15)7-17-13/h2-8H,16H2,1H3/t8-/m1/s1. The highest BCUT2D eigenvalue weighted by molar-refractivity contribution is 9.10. The number of halogens is 2. The van der Waals surface area contributed by atoms with Gasteiger partial charge in [-0.2, -0.15) is 0 Å². The highest BCUT2D eigenvalue weighted by Crippen LogP contribution is 2.31. The topological polar surface area (TPSA) is 38.9 Å². The lowest BCUT2D eigenvalue weighted by Crippen LogP contribution is -2.05. The molecule has 1 aromatic carbocycles. The van der Waals surface area contributed by atoms with Gasteiger partial charge in [-0.05, 0) is 36.8 Å². The zero-order chi connectivity index (χ0) is 13.1. The summed E-state index contributed by atoms with van der Waals surface area (Å²) in [4.78, 5) is 5.36. The minimum Gasteiger partial charge on any atom is -0.324 e. The lowest BCUT2D eigenvalue weighted by molar-refractivity contribution is 0.811. The molecule has 1 heterocycles. The Balaban J connectivity index is 2.20. The zero-order valence-electron chi connectivity index (χ0n) is 9.73. The fourth-order valence-electron chi connectivity index (χ4n) is 1.48. The van der Waals surface area contributed by atoms with E-state index in [1.54, 1.807) is 18.0 Å². The van der Waals surface area contributed by atoms with Gasteiger partial charge in [-0.25, -0.2) is 4.98 Å². The first-order valence-corrected chi connectivity index (χ1v) is 7.39. The Morgan fingerprint density at radius 3 is 2.67 bits per heavy atom. The SMILES string of the molecule is C[C@@H](N)c1ccc(Sc2ccc(Cl)cn2)cc1Br. The summed E-state index contributed by atoms with van der Waals surface area (Å²) in [7, 11) is 0. The summed E-state index contributed by atoms with van der Waals surface area (Å²) in [6.07, 6.45) is 1.65. The Kier molecular flexibility index (Phi) is 4.67. The van der Waals surface area contributed by atoms with Crippen LogP contribution >= 0.6 is 39.3 Å². The molecule has 0 saturated heterocycles. The molecular formula is C13H12BrClN2S. The average molecular weight is 344 g/mol. The lowest BCUT2D eigenvalue weighted by Gasteiger charge is -2.09. The Hall–Kier alpha value is -0.550. The van der Waals surface area contributed by atoms with Crippen molar-refractivity contribution in [2.45, 2.75) is 22.9 Å². The van der Waals surface area contributed by atoms with Gasteiger partial charge < -0.3 is 5.73 Å². The third-order valence-electron chi connectivity index (χ3n) is 2.39. The van der Waals surface area contributed by atoms with E-state index in [1.165, 1.54) is 0 Å². The van der Waals surface area contributed by atoms with Crippen LogP contribution in [0.25, 0.3) is 0 Å². The predicted molar refractivity (Wildman–Crippen MR) is 80.1 cm³/mol. The molecule has 0 amide bonds. The second kappa shape index (κ2) is 6.06. The van der Waals surface area contributed by atoms with E-state index in [2.05, 4.69) is 27.0 Å². The van der Waals surface area contributed by atoms with E-state index in [9.17, 15) is 0 Å². The molecule has 1 aromatic heterocycles. The van der Waals surface area contributed by atoms with Crippen LogP contribution in [-0.4, -0.2) is 4.98 Å². The van der Waals surface area contributed by atoms with Crippen molar-refractivity contribution < 1.29 is 0 Å². The van der Waals surface area contributed by atoms with Crippen LogP contribution in [0, 0.1) is 0 Å². The molecule has 0 unspecified atom stereocenters. The van der Waals surface area contributed by atoms with Crippen LogP contribution in [0.15, 0.2) is 50.9 Å². The molecule has 0 aliphatic heterocycles. The summed E-state index contributed by atoms with van der Waals surface area (Å²) in [6, 6.07) is 9.90. The molecule has 0 spiro atoms. The molecule has 2 nitrogen and oxygen atoms in total. The summed E-state index contributed by atoms with van der Waals surface area (Å²) in [6.45, 7) is 1.97. The fraction of sp³-hybridized carbons (Fsp3) is 0.154. The van der Waals surface area contributed by atoms with Crippen LogP contribution in [-0.2, 0) is 0 Å². The number of pyridine rings is 1. The third kappa shape index (κ3) is 3.48. The van der Waals surface area contributed by atoms with E-state index >= 15 is 0 Å². The van der Waals surface area contributed by atoms with E-state index in [-0.39, 0.29) is 6.04 Å². The first kappa shape index (κ1) is 13.9.